The number of methoxy groups -OCH3 is 1. The van der Waals surface area contributed by atoms with E-state index in [4.69, 9.17) is 4.74 Å². The van der Waals surface area contributed by atoms with Crippen LogP contribution in [0.1, 0.15) is 17.5 Å². The normalized spacial score (nSPS) is 14.6. The summed E-state index contributed by atoms with van der Waals surface area (Å²) in [5.41, 5.74) is 3.75. The lowest BCUT2D eigenvalue weighted by atomic mass is 10.1. The van der Waals surface area contributed by atoms with Crippen LogP contribution in [-0.4, -0.2) is 59.1 Å². The summed E-state index contributed by atoms with van der Waals surface area (Å²) in [6.45, 7) is 7.11. The molecule has 0 aromatic heterocycles. The van der Waals surface area contributed by atoms with Gasteiger partial charge in [-0.25, -0.2) is 13.1 Å². The molecule has 1 aliphatic rings. The second kappa shape index (κ2) is 9.49. The SMILES string of the molecule is COc1ccc(S(=O)(=O)NCCC(=O)N2CCN(c3cccc(C)c3C)CC2)cc1. The van der Waals surface area contributed by atoms with Gasteiger partial charge in [0.25, 0.3) is 0 Å². The molecule has 1 heterocycles. The maximum absolute atomic E-state index is 12.5. The first-order chi connectivity index (χ1) is 14.3. The number of rotatable bonds is 7. The van der Waals surface area contributed by atoms with E-state index in [9.17, 15) is 13.2 Å². The molecule has 1 fully saturated rings. The second-order valence-corrected chi connectivity index (χ2v) is 9.18. The Morgan fingerprint density at radius 1 is 1.03 bits per heavy atom. The molecular formula is C22H29N3O4S. The van der Waals surface area contributed by atoms with Crippen molar-refractivity contribution >= 4 is 21.6 Å². The predicted octanol–water partition coefficient (Wildman–Crippen LogP) is 2.33. The lowest BCUT2D eigenvalue weighted by Gasteiger charge is -2.37. The number of piperazine rings is 1. The monoisotopic (exact) mass is 431 g/mol. The van der Waals surface area contributed by atoms with Gasteiger partial charge in [0.15, 0.2) is 0 Å². The van der Waals surface area contributed by atoms with Gasteiger partial charge in [0.1, 0.15) is 5.75 Å². The number of nitrogens with zero attached hydrogens (tertiary/aromatic N) is 2. The number of carbonyl (C=O) groups is 1. The number of nitrogens with one attached hydrogen (secondary N) is 1. The minimum atomic E-state index is -3.65. The Morgan fingerprint density at radius 2 is 1.70 bits per heavy atom. The zero-order valence-corrected chi connectivity index (χ0v) is 18.5. The minimum absolute atomic E-state index is 0.0342. The van der Waals surface area contributed by atoms with E-state index in [2.05, 4.69) is 41.7 Å². The summed E-state index contributed by atoms with van der Waals surface area (Å²) in [4.78, 5) is 16.8. The van der Waals surface area contributed by atoms with Crippen molar-refractivity contribution in [2.75, 3.05) is 44.7 Å². The van der Waals surface area contributed by atoms with E-state index in [1.165, 1.54) is 36.1 Å². The summed E-state index contributed by atoms with van der Waals surface area (Å²) >= 11 is 0. The van der Waals surface area contributed by atoms with Crippen LogP contribution in [0, 0.1) is 13.8 Å². The summed E-state index contributed by atoms with van der Waals surface area (Å²) in [5.74, 6) is 0.553. The number of sulfonamides is 1. The number of amides is 1. The van der Waals surface area contributed by atoms with Crippen LogP contribution in [0.4, 0.5) is 5.69 Å². The number of anilines is 1. The van der Waals surface area contributed by atoms with Crippen molar-refractivity contribution in [3.8, 4) is 5.75 Å². The van der Waals surface area contributed by atoms with Crippen molar-refractivity contribution in [1.29, 1.82) is 0 Å². The third-order valence-corrected chi connectivity index (χ3v) is 7.03. The van der Waals surface area contributed by atoms with Gasteiger partial charge in [0, 0.05) is 44.8 Å². The molecule has 1 saturated heterocycles. The van der Waals surface area contributed by atoms with Gasteiger partial charge >= 0.3 is 0 Å². The molecule has 162 valence electrons. The van der Waals surface area contributed by atoms with Crippen LogP contribution in [0.5, 0.6) is 5.75 Å². The highest BCUT2D eigenvalue weighted by Crippen LogP contribution is 2.24. The molecule has 0 saturated carbocycles. The largest absolute Gasteiger partial charge is 0.497 e. The fraction of sp³-hybridized carbons (Fsp3) is 0.409. The highest BCUT2D eigenvalue weighted by Gasteiger charge is 2.23. The van der Waals surface area contributed by atoms with Crippen LogP contribution in [0.2, 0.25) is 0 Å². The van der Waals surface area contributed by atoms with Crippen LogP contribution in [-0.2, 0) is 14.8 Å². The van der Waals surface area contributed by atoms with E-state index in [1.807, 2.05) is 4.90 Å². The Morgan fingerprint density at radius 3 is 2.33 bits per heavy atom. The number of hydrogen-bond acceptors (Lipinski definition) is 5. The molecule has 1 N–H and O–H groups in total. The molecule has 1 amide bonds. The van der Waals surface area contributed by atoms with Crippen molar-refractivity contribution in [3.63, 3.8) is 0 Å². The van der Waals surface area contributed by atoms with Gasteiger partial charge in [-0.2, -0.15) is 0 Å². The number of carbonyl (C=O) groups excluding carboxylic acids is 1. The Hall–Kier alpha value is -2.58. The summed E-state index contributed by atoms with van der Waals surface area (Å²) < 4.78 is 32.3. The summed E-state index contributed by atoms with van der Waals surface area (Å²) in [5, 5.41) is 0. The van der Waals surface area contributed by atoms with E-state index < -0.39 is 10.0 Å². The first-order valence-electron chi connectivity index (χ1n) is 10.0. The highest BCUT2D eigenvalue weighted by molar-refractivity contribution is 7.89. The topological polar surface area (TPSA) is 78.9 Å². The Bertz CT molecular complexity index is 982. The molecule has 0 atom stereocenters. The molecule has 0 unspecified atom stereocenters. The molecular weight excluding hydrogens is 402 g/mol. The molecule has 2 aromatic rings. The van der Waals surface area contributed by atoms with E-state index in [-0.39, 0.29) is 23.8 Å². The molecule has 0 spiro atoms. The van der Waals surface area contributed by atoms with Gasteiger partial charge in [-0.1, -0.05) is 12.1 Å². The van der Waals surface area contributed by atoms with Crippen LogP contribution < -0.4 is 14.4 Å². The highest BCUT2D eigenvalue weighted by atomic mass is 32.2. The lowest BCUT2D eigenvalue weighted by molar-refractivity contribution is -0.131. The van der Waals surface area contributed by atoms with Crippen LogP contribution in [0.15, 0.2) is 47.4 Å². The standard InChI is InChI=1S/C22H29N3O4S/c1-17-5-4-6-21(18(17)2)24-13-15-25(16-14-24)22(26)11-12-23-30(27,28)20-9-7-19(29-3)8-10-20/h4-10,23H,11-16H2,1-3H3. The second-order valence-electron chi connectivity index (χ2n) is 7.41. The average Bonchev–Trinajstić information content (AvgIpc) is 2.75. The Balaban J connectivity index is 1.48. The van der Waals surface area contributed by atoms with Gasteiger partial charge in [0.2, 0.25) is 15.9 Å². The van der Waals surface area contributed by atoms with Gasteiger partial charge in [-0.15, -0.1) is 0 Å². The van der Waals surface area contributed by atoms with Gasteiger partial charge < -0.3 is 14.5 Å². The molecule has 8 heteroatoms. The maximum Gasteiger partial charge on any atom is 0.240 e. The summed E-state index contributed by atoms with van der Waals surface area (Å²) in [7, 11) is -2.13. The first-order valence-corrected chi connectivity index (χ1v) is 11.5. The zero-order chi connectivity index (χ0) is 21.7. The number of aryl methyl sites for hydroxylation is 1. The molecule has 3 rings (SSSR count). The van der Waals surface area contributed by atoms with Crippen molar-refractivity contribution in [2.45, 2.75) is 25.2 Å². The average molecular weight is 432 g/mol. The zero-order valence-electron chi connectivity index (χ0n) is 17.7. The van der Waals surface area contributed by atoms with Crippen molar-refractivity contribution < 1.29 is 17.9 Å². The third-order valence-electron chi connectivity index (χ3n) is 5.55. The van der Waals surface area contributed by atoms with Gasteiger partial charge in [0.05, 0.1) is 12.0 Å². The number of ether oxygens (including phenoxy) is 1. The van der Waals surface area contributed by atoms with E-state index in [1.54, 1.807) is 12.1 Å². The van der Waals surface area contributed by atoms with E-state index in [0.717, 1.165) is 13.1 Å². The van der Waals surface area contributed by atoms with Crippen LogP contribution >= 0.6 is 0 Å². The molecule has 0 bridgehead atoms. The quantitative estimate of drug-likeness (QED) is 0.728. The molecule has 7 nitrogen and oxygen atoms in total. The fourth-order valence-electron chi connectivity index (χ4n) is 3.56. The van der Waals surface area contributed by atoms with Gasteiger partial charge in [-0.05, 0) is 55.3 Å². The summed E-state index contributed by atoms with van der Waals surface area (Å²) in [6, 6.07) is 12.4. The van der Waals surface area contributed by atoms with Crippen molar-refractivity contribution in [3.05, 3.63) is 53.6 Å². The van der Waals surface area contributed by atoms with Crippen LogP contribution in [0.25, 0.3) is 0 Å². The predicted molar refractivity (Wildman–Crippen MR) is 118 cm³/mol. The van der Waals surface area contributed by atoms with Crippen LogP contribution in [0.3, 0.4) is 0 Å². The Kier molecular flexibility index (Phi) is 6.99. The van der Waals surface area contributed by atoms with Crippen molar-refractivity contribution in [1.82, 2.24) is 9.62 Å². The summed E-state index contributed by atoms with van der Waals surface area (Å²) in [6.07, 6.45) is 0.138. The van der Waals surface area contributed by atoms with E-state index >= 15 is 0 Å². The molecule has 1 aliphatic heterocycles. The van der Waals surface area contributed by atoms with Gasteiger partial charge in [-0.3, -0.25) is 4.79 Å². The maximum atomic E-state index is 12.5. The fourth-order valence-corrected chi connectivity index (χ4v) is 4.60. The molecule has 30 heavy (non-hydrogen) atoms. The molecule has 2 aromatic carbocycles. The third kappa shape index (κ3) is 5.12. The van der Waals surface area contributed by atoms with Crippen molar-refractivity contribution in [2.24, 2.45) is 0 Å². The molecule has 0 aliphatic carbocycles. The molecule has 0 radical (unpaired) electrons. The lowest BCUT2D eigenvalue weighted by Crippen LogP contribution is -2.49. The minimum Gasteiger partial charge on any atom is -0.497 e. The smallest absolute Gasteiger partial charge is 0.240 e. The van der Waals surface area contributed by atoms with E-state index in [0.29, 0.717) is 18.8 Å². The first kappa shape index (κ1) is 22.1. The number of hydrogen-bond donors (Lipinski definition) is 1. The number of benzene rings is 2. The Labute approximate surface area is 178 Å².